The first-order valence-corrected chi connectivity index (χ1v) is 11.7. The molecule has 1 atom stereocenters. The van der Waals surface area contributed by atoms with Crippen molar-refractivity contribution in [2.75, 3.05) is 13.1 Å². The van der Waals surface area contributed by atoms with E-state index < -0.39 is 0 Å². The number of aromatic nitrogens is 2. The quantitative estimate of drug-likeness (QED) is 0.369. The molecule has 178 valence electrons. The number of carbonyl (C=O) groups excluding carboxylic acids is 1. The van der Waals surface area contributed by atoms with Crippen LogP contribution in [0, 0.1) is 11.6 Å². The molecule has 2 aromatic carbocycles. The predicted molar refractivity (Wildman–Crippen MR) is 127 cm³/mol. The Morgan fingerprint density at radius 2 is 1.80 bits per heavy atom. The van der Waals surface area contributed by atoms with Gasteiger partial charge in [0.1, 0.15) is 17.4 Å². The molecule has 1 aliphatic rings. The molecule has 5 nitrogen and oxygen atoms in total. The van der Waals surface area contributed by atoms with Crippen molar-refractivity contribution in [1.82, 2.24) is 14.9 Å². The summed E-state index contributed by atoms with van der Waals surface area (Å²) in [6, 6.07) is 16.5. The van der Waals surface area contributed by atoms with E-state index >= 15 is 0 Å². The van der Waals surface area contributed by atoms with Gasteiger partial charge in [-0.1, -0.05) is 30.3 Å². The van der Waals surface area contributed by atoms with Crippen molar-refractivity contribution in [3.63, 3.8) is 0 Å². The van der Waals surface area contributed by atoms with E-state index in [1.807, 2.05) is 4.90 Å². The van der Waals surface area contributed by atoms with E-state index in [1.165, 1.54) is 18.2 Å². The number of oxazole rings is 1. The summed E-state index contributed by atoms with van der Waals surface area (Å²) < 4.78 is 33.0. The smallest absolute Gasteiger partial charge is 0.255 e. The van der Waals surface area contributed by atoms with E-state index in [0.29, 0.717) is 54.4 Å². The second-order valence-corrected chi connectivity index (χ2v) is 8.86. The second-order valence-electron chi connectivity index (χ2n) is 8.86. The first kappa shape index (κ1) is 22.9. The minimum absolute atomic E-state index is 0.0166. The Bertz CT molecular complexity index is 1300. The Hall–Kier alpha value is -3.87. The van der Waals surface area contributed by atoms with Crippen molar-refractivity contribution in [3.8, 4) is 0 Å². The molecule has 1 fully saturated rings. The van der Waals surface area contributed by atoms with E-state index in [1.54, 1.807) is 54.9 Å². The van der Waals surface area contributed by atoms with E-state index in [2.05, 4.69) is 9.97 Å². The molecule has 0 N–H and O–H groups in total. The fourth-order valence-corrected chi connectivity index (χ4v) is 4.43. The van der Waals surface area contributed by atoms with Gasteiger partial charge in [0.15, 0.2) is 5.89 Å². The van der Waals surface area contributed by atoms with Crippen molar-refractivity contribution in [2.24, 2.45) is 0 Å². The third-order valence-electron chi connectivity index (χ3n) is 6.32. The zero-order chi connectivity index (χ0) is 24.2. The van der Waals surface area contributed by atoms with Crippen LogP contribution in [-0.4, -0.2) is 33.9 Å². The lowest BCUT2D eigenvalue weighted by Crippen LogP contribution is -2.39. The number of nitrogens with zero attached hydrogens (tertiary/aromatic N) is 3. The second kappa shape index (κ2) is 10.2. The molecular weight excluding hydrogens is 448 g/mol. The average Bonchev–Trinajstić information content (AvgIpc) is 3.35. The van der Waals surface area contributed by atoms with Gasteiger partial charge < -0.3 is 9.32 Å². The number of benzene rings is 2. The van der Waals surface area contributed by atoms with Crippen LogP contribution in [0.4, 0.5) is 8.78 Å². The molecular formula is C28H25F2N3O2. The number of pyridine rings is 1. The maximum absolute atomic E-state index is 13.9. The lowest BCUT2D eigenvalue weighted by atomic mass is 9.97. The number of likely N-dealkylation sites (tertiary alicyclic amines) is 1. The minimum Gasteiger partial charge on any atom is -0.445 e. The Kier molecular flexibility index (Phi) is 6.66. The van der Waals surface area contributed by atoms with E-state index in [9.17, 15) is 13.6 Å². The molecule has 0 spiro atoms. The molecule has 1 aliphatic heterocycles. The molecule has 0 radical (unpaired) electrons. The van der Waals surface area contributed by atoms with Gasteiger partial charge in [0.2, 0.25) is 0 Å². The summed E-state index contributed by atoms with van der Waals surface area (Å²) in [7, 11) is 0. The number of carbonyl (C=O) groups is 1. The molecule has 0 unspecified atom stereocenters. The first-order valence-electron chi connectivity index (χ1n) is 11.7. The number of halogens is 2. The Morgan fingerprint density at radius 3 is 2.57 bits per heavy atom. The van der Waals surface area contributed by atoms with Gasteiger partial charge in [0.25, 0.3) is 5.91 Å². The molecule has 0 saturated carbocycles. The normalized spacial score (nSPS) is 15.8. The van der Waals surface area contributed by atoms with Crippen molar-refractivity contribution < 1.29 is 18.0 Å². The molecule has 5 rings (SSSR count). The van der Waals surface area contributed by atoms with E-state index in [4.69, 9.17) is 4.42 Å². The highest BCUT2D eigenvalue weighted by molar-refractivity contribution is 5.94. The van der Waals surface area contributed by atoms with Crippen LogP contribution in [-0.2, 0) is 12.8 Å². The fourth-order valence-electron chi connectivity index (χ4n) is 4.43. The molecule has 2 aromatic heterocycles. The third-order valence-corrected chi connectivity index (χ3v) is 6.32. The van der Waals surface area contributed by atoms with Crippen LogP contribution in [0.1, 0.15) is 57.6 Å². The number of amides is 1. The molecule has 1 saturated heterocycles. The van der Waals surface area contributed by atoms with Gasteiger partial charge in [-0.3, -0.25) is 9.78 Å². The van der Waals surface area contributed by atoms with E-state index in [0.717, 1.165) is 18.4 Å². The van der Waals surface area contributed by atoms with Gasteiger partial charge in [-0.2, -0.15) is 0 Å². The van der Waals surface area contributed by atoms with Crippen LogP contribution < -0.4 is 0 Å². The fraction of sp³-hybridized carbons (Fsp3) is 0.250. The SMILES string of the molecule is O=C(c1ccc(Cc2ccccc2F)nc1)N1CCC[C@@H](c2ncc(Cc3ccc(F)cc3)o2)C1. The van der Waals surface area contributed by atoms with Gasteiger partial charge in [0, 0.05) is 37.8 Å². The van der Waals surface area contributed by atoms with Crippen molar-refractivity contribution in [2.45, 2.75) is 31.6 Å². The Morgan fingerprint density at radius 1 is 0.971 bits per heavy atom. The van der Waals surface area contributed by atoms with Crippen LogP contribution >= 0.6 is 0 Å². The van der Waals surface area contributed by atoms with Crippen LogP contribution in [0.3, 0.4) is 0 Å². The lowest BCUT2D eigenvalue weighted by Gasteiger charge is -2.31. The van der Waals surface area contributed by atoms with Crippen LogP contribution in [0.15, 0.2) is 77.5 Å². The Balaban J connectivity index is 1.22. The largest absolute Gasteiger partial charge is 0.445 e. The highest BCUT2D eigenvalue weighted by Crippen LogP contribution is 2.28. The Labute approximate surface area is 202 Å². The zero-order valence-electron chi connectivity index (χ0n) is 19.2. The van der Waals surface area contributed by atoms with Gasteiger partial charge in [-0.05, 0) is 54.3 Å². The summed E-state index contributed by atoms with van der Waals surface area (Å²) in [5, 5.41) is 0. The zero-order valence-corrected chi connectivity index (χ0v) is 19.2. The highest BCUT2D eigenvalue weighted by Gasteiger charge is 2.28. The summed E-state index contributed by atoms with van der Waals surface area (Å²) in [4.78, 5) is 23.8. The lowest BCUT2D eigenvalue weighted by molar-refractivity contribution is 0.0697. The van der Waals surface area contributed by atoms with Gasteiger partial charge >= 0.3 is 0 Å². The molecule has 7 heteroatoms. The topological polar surface area (TPSA) is 59.2 Å². The molecule has 35 heavy (non-hydrogen) atoms. The van der Waals surface area contributed by atoms with Gasteiger partial charge in [0.05, 0.1) is 17.7 Å². The maximum Gasteiger partial charge on any atom is 0.255 e. The summed E-state index contributed by atoms with van der Waals surface area (Å²) in [5.41, 5.74) is 2.73. The first-order chi connectivity index (χ1) is 17.0. The van der Waals surface area contributed by atoms with Crippen molar-refractivity contribution >= 4 is 5.91 Å². The third kappa shape index (κ3) is 5.45. The number of piperidine rings is 1. The molecule has 3 heterocycles. The number of rotatable bonds is 6. The van der Waals surface area contributed by atoms with Crippen LogP contribution in [0.5, 0.6) is 0 Å². The minimum atomic E-state index is -0.270. The van der Waals surface area contributed by atoms with Gasteiger partial charge in [-0.15, -0.1) is 0 Å². The number of hydrogen-bond acceptors (Lipinski definition) is 4. The average molecular weight is 474 g/mol. The summed E-state index contributed by atoms with van der Waals surface area (Å²) in [6.45, 7) is 1.18. The van der Waals surface area contributed by atoms with Crippen molar-refractivity contribution in [1.29, 1.82) is 0 Å². The maximum atomic E-state index is 13.9. The van der Waals surface area contributed by atoms with Gasteiger partial charge in [-0.25, -0.2) is 13.8 Å². The number of hydrogen-bond donors (Lipinski definition) is 0. The monoisotopic (exact) mass is 473 g/mol. The highest BCUT2D eigenvalue weighted by atomic mass is 19.1. The van der Waals surface area contributed by atoms with E-state index in [-0.39, 0.29) is 23.5 Å². The molecule has 4 aromatic rings. The summed E-state index contributed by atoms with van der Waals surface area (Å²) >= 11 is 0. The molecule has 0 aliphatic carbocycles. The van der Waals surface area contributed by atoms with Crippen LogP contribution in [0.2, 0.25) is 0 Å². The molecule has 1 amide bonds. The van der Waals surface area contributed by atoms with Crippen LogP contribution in [0.25, 0.3) is 0 Å². The summed E-state index contributed by atoms with van der Waals surface area (Å²) in [5.74, 6) is 0.735. The van der Waals surface area contributed by atoms with Crippen molar-refractivity contribution in [3.05, 3.63) is 119 Å². The summed E-state index contributed by atoms with van der Waals surface area (Å²) in [6.07, 6.45) is 5.92. The standard InChI is InChI=1S/C28H25F2N3O2/c29-23-10-7-19(8-11-23)14-25-17-32-27(35-25)22-5-3-13-33(18-22)28(34)21-9-12-24(31-16-21)15-20-4-1-2-6-26(20)30/h1-2,4,6-12,16-17,22H,3,5,13-15,18H2/t22-/m1/s1. The molecule has 0 bridgehead atoms. The predicted octanol–water partition coefficient (Wildman–Crippen LogP) is 5.55.